The number of benzene rings is 1. The highest BCUT2D eigenvalue weighted by atomic mass is 16.5. The first kappa shape index (κ1) is 21.1. The van der Waals surface area contributed by atoms with Gasteiger partial charge in [-0.1, -0.05) is 6.07 Å². The van der Waals surface area contributed by atoms with Gasteiger partial charge in [-0.05, 0) is 49.1 Å². The normalized spacial score (nSPS) is 16.7. The van der Waals surface area contributed by atoms with E-state index in [-0.39, 0.29) is 18.4 Å². The molecule has 1 N–H and O–H groups in total. The number of rotatable bonds is 10. The van der Waals surface area contributed by atoms with Crippen LogP contribution in [0.15, 0.2) is 36.5 Å². The van der Waals surface area contributed by atoms with Crippen LogP contribution >= 0.6 is 0 Å². The van der Waals surface area contributed by atoms with Crippen molar-refractivity contribution in [3.8, 4) is 0 Å². The molecule has 31 heavy (non-hydrogen) atoms. The zero-order valence-electron chi connectivity index (χ0n) is 17.2. The number of piperidine rings is 1. The molecule has 3 aromatic rings. The zero-order valence-corrected chi connectivity index (χ0v) is 17.2. The Bertz CT molecular complexity index is 1110. The topological polar surface area (TPSA) is 99.5 Å². The average Bonchev–Trinajstić information content (AvgIpc) is 3.09. The van der Waals surface area contributed by atoms with Gasteiger partial charge in [0, 0.05) is 30.0 Å². The van der Waals surface area contributed by atoms with Crippen molar-refractivity contribution in [2.45, 2.75) is 31.7 Å². The average molecular weight is 423 g/mol. The molecule has 1 aliphatic rings. The number of imide groups is 1. The number of amides is 2. The lowest BCUT2D eigenvalue weighted by molar-refractivity contribution is -0.135. The summed E-state index contributed by atoms with van der Waals surface area (Å²) in [6.07, 6.45) is 4.96. The molecule has 2 aromatic heterocycles. The number of aromatic nitrogens is 2. The second-order valence-corrected chi connectivity index (χ2v) is 7.52. The maximum Gasteiger partial charge on any atom is 0.249 e. The molecule has 3 heterocycles. The molecule has 2 amide bonds. The number of nitrogens with zero attached hydrogens (tertiary/aromatic N) is 2. The van der Waals surface area contributed by atoms with E-state index < -0.39 is 6.04 Å². The van der Waals surface area contributed by atoms with Gasteiger partial charge in [0.25, 0.3) is 0 Å². The van der Waals surface area contributed by atoms with E-state index in [0.717, 1.165) is 41.1 Å². The standard InChI is InChI=1S/C23H25N3O5/c27-10-12-31-14-13-30-11-2-3-16-5-6-19-18(15-16)17-4-1-9-24-22(17)26(19)20-7-8-21(28)25-23(20)29/h1,4-6,9-10,15,20H,2-3,7-8,11-14H2,(H,25,28,29). The van der Waals surface area contributed by atoms with Crippen LogP contribution in [0.25, 0.3) is 21.9 Å². The highest BCUT2D eigenvalue weighted by molar-refractivity contribution is 6.09. The number of carbonyl (C=O) groups excluding carboxylic acids is 3. The number of hydrogen-bond donors (Lipinski definition) is 1. The fourth-order valence-corrected chi connectivity index (χ4v) is 4.05. The quantitative estimate of drug-likeness (QED) is 0.305. The van der Waals surface area contributed by atoms with Gasteiger partial charge in [-0.25, -0.2) is 4.98 Å². The monoisotopic (exact) mass is 423 g/mol. The van der Waals surface area contributed by atoms with Crippen LogP contribution in [0.3, 0.4) is 0 Å². The summed E-state index contributed by atoms with van der Waals surface area (Å²) in [5, 5.41) is 4.49. The van der Waals surface area contributed by atoms with Gasteiger partial charge >= 0.3 is 0 Å². The highest BCUT2D eigenvalue weighted by Gasteiger charge is 2.30. The van der Waals surface area contributed by atoms with E-state index in [2.05, 4.69) is 22.4 Å². The van der Waals surface area contributed by atoms with E-state index >= 15 is 0 Å². The summed E-state index contributed by atoms with van der Waals surface area (Å²) in [6.45, 7) is 1.60. The maximum absolute atomic E-state index is 12.5. The molecule has 8 heteroatoms. The summed E-state index contributed by atoms with van der Waals surface area (Å²) in [7, 11) is 0. The predicted octanol–water partition coefficient (Wildman–Crippen LogP) is 2.33. The number of aryl methyl sites for hydroxylation is 1. The lowest BCUT2D eigenvalue weighted by atomic mass is 10.0. The van der Waals surface area contributed by atoms with Crippen LogP contribution in [0.5, 0.6) is 0 Å². The minimum atomic E-state index is -0.451. The van der Waals surface area contributed by atoms with Crippen LogP contribution in [0, 0.1) is 0 Å². The Morgan fingerprint density at radius 1 is 1.13 bits per heavy atom. The molecule has 4 rings (SSSR count). The van der Waals surface area contributed by atoms with Crippen LogP contribution in [0.1, 0.15) is 30.9 Å². The number of carbonyl (C=O) groups is 3. The molecule has 0 saturated carbocycles. The van der Waals surface area contributed by atoms with E-state index in [9.17, 15) is 14.4 Å². The third-order valence-electron chi connectivity index (χ3n) is 5.46. The summed E-state index contributed by atoms with van der Waals surface area (Å²) in [6, 6.07) is 9.70. The molecule has 8 nitrogen and oxygen atoms in total. The Morgan fingerprint density at radius 2 is 2.00 bits per heavy atom. The highest BCUT2D eigenvalue weighted by Crippen LogP contribution is 2.34. The van der Waals surface area contributed by atoms with Gasteiger partial charge in [0.15, 0.2) is 0 Å². The van der Waals surface area contributed by atoms with Crippen molar-refractivity contribution in [2.75, 3.05) is 26.4 Å². The van der Waals surface area contributed by atoms with E-state index in [1.807, 2.05) is 22.8 Å². The number of hydrogen-bond acceptors (Lipinski definition) is 6. The molecule has 0 aliphatic carbocycles. The third-order valence-corrected chi connectivity index (χ3v) is 5.46. The van der Waals surface area contributed by atoms with Gasteiger partial charge in [0.1, 0.15) is 24.6 Å². The van der Waals surface area contributed by atoms with Crippen molar-refractivity contribution in [3.05, 3.63) is 42.1 Å². The number of pyridine rings is 1. The summed E-state index contributed by atoms with van der Waals surface area (Å²) < 4.78 is 12.5. The molecule has 1 unspecified atom stereocenters. The van der Waals surface area contributed by atoms with E-state index in [1.165, 1.54) is 5.56 Å². The molecule has 0 radical (unpaired) electrons. The fraction of sp³-hybridized carbons (Fsp3) is 0.391. The van der Waals surface area contributed by atoms with Crippen molar-refractivity contribution >= 4 is 40.0 Å². The summed E-state index contributed by atoms with van der Waals surface area (Å²) >= 11 is 0. The lowest BCUT2D eigenvalue weighted by Gasteiger charge is -2.23. The van der Waals surface area contributed by atoms with Crippen molar-refractivity contribution in [2.24, 2.45) is 0 Å². The van der Waals surface area contributed by atoms with Gasteiger partial charge in [-0.15, -0.1) is 0 Å². The first-order valence-corrected chi connectivity index (χ1v) is 10.5. The third kappa shape index (κ3) is 4.65. The molecule has 1 atom stereocenters. The number of ether oxygens (including phenoxy) is 2. The van der Waals surface area contributed by atoms with Crippen LogP contribution in [-0.4, -0.2) is 54.1 Å². The van der Waals surface area contributed by atoms with Gasteiger partial charge in [-0.2, -0.15) is 0 Å². The molecular formula is C23H25N3O5. The van der Waals surface area contributed by atoms with Crippen LogP contribution in [0.4, 0.5) is 0 Å². The summed E-state index contributed by atoms with van der Waals surface area (Å²) in [4.78, 5) is 38.8. The number of aldehydes is 1. The van der Waals surface area contributed by atoms with Crippen LogP contribution < -0.4 is 5.32 Å². The van der Waals surface area contributed by atoms with E-state index in [0.29, 0.717) is 32.7 Å². The Hall–Kier alpha value is -3.10. The summed E-state index contributed by atoms with van der Waals surface area (Å²) in [5.74, 6) is -0.506. The Labute approximate surface area is 179 Å². The van der Waals surface area contributed by atoms with Crippen molar-refractivity contribution in [1.82, 2.24) is 14.9 Å². The minimum absolute atomic E-state index is 0.102. The van der Waals surface area contributed by atoms with Crippen LogP contribution in [0.2, 0.25) is 0 Å². The largest absolute Gasteiger partial charge is 0.379 e. The molecule has 162 valence electrons. The van der Waals surface area contributed by atoms with Crippen molar-refractivity contribution < 1.29 is 23.9 Å². The summed E-state index contributed by atoms with van der Waals surface area (Å²) in [5.41, 5.74) is 2.87. The smallest absolute Gasteiger partial charge is 0.249 e. The lowest BCUT2D eigenvalue weighted by Crippen LogP contribution is -2.41. The SMILES string of the molecule is O=CCOCCOCCCc1ccc2c(c1)c1cccnc1n2C1CCC(=O)NC1=O. The second kappa shape index (κ2) is 9.80. The first-order valence-electron chi connectivity index (χ1n) is 10.5. The first-order chi connectivity index (χ1) is 15.2. The van der Waals surface area contributed by atoms with Gasteiger partial charge < -0.3 is 18.8 Å². The molecule has 1 aromatic carbocycles. The van der Waals surface area contributed by atoms with Crippen LogP contribution in [-0.2, 0) is 30.3 Å². The second-order valence-electron chi connectivity index (χ2n) is 7.52. The zero-order chi connectivity index (χ0) is 21.6. The van der Waals surface area contributed by atoms with Crippen molar-refractivity contribution in [1.29, 1.82) is 0 Å². The van der Waals surface area contributed by atoms with Gasteiger partial charge in [-0.3, -0.25) is 14.9 Å². The molecule has 1 fully saturated rings. The fourth-order valence-electron chi connectivity index (χ4n) is 4.05. The number of nitrogens with one attached hydrogen (secondary N) is 1. The van der Waals surface area contributed by atoms with Gasteiger partial charge in [0.05, 0.1) is 18.7 Å². The molecular weight excluding hydrogens is 398 g/mol. The predicted molar refractivity (Wildman–Crippen MR) is 115 cm³/mol. The van der Waals surface area contributed by atoms with Crippen molar-refractivity contribution in [3.63, 3.8) is 0 Å². The number of fused-ring (bicyclic) bond motifs is 3. The minimum Gasteiger partial charge on any atom is -0.379 e. The Balaban J connectivity index is 1.51. The molecule has 0 bridgehead atoms. The van der Waals surface area contributed by atoms with Gasteiger partial charge in [0.2, 0.25) is 11.8 Å². The van der Waals surface area contributed by atoms with E-state index in [1.54, 1.807) is 6.20 Å². The molecule has 1 aliphatic heterocycles. The van der Waals surface area contributed by atoms with E-state index in [4.69, 9.17) is 9.47 Å². The molecule has 0 spiro atoms. The molecule has 1 saturated heterocycles. The Morgan fingerprint density at radius 3 is 2.84 bits per heavy atom. The Kier molecular flexibility index (Phi) is 6.69. The maximum atomic E-state index is 12.5.